The number of carbonyl (C=O) groups is 2. The zero-order valence-electron chi connectivity index (χ0n) is 10.6. The number of hydrogen-bond donors (Lipinski definition) is 2. The van der Waals surface area contributed by atoms with Gasteiger partial charge >= 0.3 is 5.97 Å². The number of amides is 1. The van der Waals surface area contributed by atoms with Gasteiger partial charge in [0.2, 0.25) is 0 Å². The molecule has 6 nitrogen and oxygen atoms in total. The molecule has 2 unspecified atom stereocenters. The van der Waals surface area contributed by atoms with Crippen LogP contribution in [0, 0.1) is 6.92 Å². The molecule has 0 saturated carbocycles. The molecule has 1 aliphatic rings. The second-order valence-electron chi connectivity index (χ2n) is 4.54. The Kier molecular flexibility index (Phi) is 4.11. The van der Waals surface area contributed by atoms with Crippen molar-refractivity contribution in [2.45, 2.75) is 32.0 Å². The van der Waals surface area contributed by atoms with Crippen LogP contribution in [-0.4, -0.2) is 40.7 Å². The van der Waals surface area contributed by atoms with Gasteiger partial charge in [-0.1, -0.05) is 6.07 Å². The fraction of sp³-hybridized carbons (Fsp3) is 0.462. The Morgan fingerprint density at radius 3 is 2.95 bits per heavy atom. The number of hydrogen-bond acceptors (Lipinski definition) is 4. The minimum Gasteiger partial charge on any atom is -0.479 e. The second-order valence-corrected chi connectivity index (χ2v) is 4.54. The molecule has 1 amide bonds. The molecule has 1 aromatic heterocycles. The Bertz CT molecular complexity index is 489. The largest absolute Gasteiger partial charge is 0.479 e. The predicted octanol–water partition coefficient (Wildman–Crippen LogP) is 0.752. The van der Waals surface area contributed by atoms with Gasteiger partial charge in [0.05, 0.1) is 6.10 Å². The van der Waals surface area contributed by atoms with Crippen LogP contribution in [0.4, 0.5) is 0 Å². The first-order chi connectivity index (χ1) is 9.08. The summed E-state index contributed by atoms with van der Waals surface area (Å²) in [5.74, 6) is -1.21. The number of carbonyl (C=O) groups excluding carboxylic acids is 1. The van der Waals surface area contributed by atoms with Crippen molar-refractivity contribution in [3.05, 3.63) is 29.6 Å². The van der Waals surface area contributed by atoms with E-state index in [1.165, 1.54) is 0 Å². The van der Waals surface area contributed by atoms with Crippen molar-refractivity contribution in [2.24, 2.45) is 0 Å². The lowest BCUT2D eigenvalue weighted by Crippen LogP contribution is -2.33. The van der Waals surface area contributed by atoms with E-state index in [0.717, 1.165) is 5.56 Å². The molecular formula is C13H16N2O4. The summed E-state index contributed by atoms with van der Waals surface area (Å²) >= 11 is 0. The maximum Gasteiger partial charge on any atom is 0.332 e. The van der Waals surface area contributed by atoms with Gasteiger partial charge in [0.1, 0.15) is 5.69 Å². The lowest BCUT2D eigenvalue weighted by Gasteiger charge is -2.12. The van der Waals surface area contributed by atoms with E-state index >= 15 is 0 Å². The number of rotatable bonds is 4. The number of nitrogens with zero attached hydrogens (tertiary/aromatic N) is 1. The number of ether oxygens (including phenoxy) is 1. The lowest BCUT2D eigenvalue weighted by atomic mass is 10.2. The molecule has 2 N–H and O–H groups in total. The van der Waals surface area contributed by atoms with Crippen molar-refractivity contribution in [1.29, 1.82) is 0 Å². The van der Waals surface area contributed by atoms with Crippen LogP contribution in [0.25, 0.3) is 0 Å². The van der Waals surface area contributed by atoms with Crippen molar-refractivity contribution in [2.75, 3.05) is 6.54 Å². The second kappa shape index (κ2) is 5.79. The quantitative estimate of drug-likeness (QED) is 0.837. The fourth-order valence-corrected chi connectivity index (χ4v) is 2.05. The maximum absolute atomic E-state index is 11.9. The number of nitrogens with one attached hydrogen (secondary N) is 1. The van der Waals surface area contributed by atoms with Gasteiger partial charge in [-0.2, -0.15) is 0 Å². The van der Waals surface area contributed by atoms with Crippen LogP contribution in [0.15, 0.2) is 18.3 Å². The number of pyridine rings is 1. The lowest BCUT2D eigenvalue weighted by molar-refractivity contribution is -0.149. The number of aromatic nitrogens is 1. The molecule has 0 aliphatic carbocycles. The molecule has 2 atom stereocenters. The molecule has 0 bridgehead atoms. The summed E-state index contributed by atoms with van der Waals surface area (Å²) in [6.07, 6.45) is 1.69. The Hall–Kier alpha value is -1.95. The number of aliphatic carboxylic acids is 1. The average Bonchev–Trinajstić information content (AvgIpc) is 2.85. The van der Waals surface area contributed by atoms with Gasteiger partial charge in [0, 0.05) is 12.7 Å². The van der Waals surface area contributed by atoms with E-state index in [9.17, 15) is 9.59 Å². The molecule has 2 heterocycles. The van der Waals surface area contributed by atoms with E-state index in [0.29, 0.717) is 25.1 Å². The van der Waals surface area contributed by atoms with Gasteiger partial charge in [0.15, 0.2) is 6.10 Å². The minimum absolute atomic E-state index is 0.242. The number of aryl methyl sites for hydroxylation is 1. The van der Waals surface area contributed by atoms with E-state index in [-0.39, 0.29) is 12.0 Å². The molecule has 1 saturated heterocycles. The fourth-order valence-electron chi connectivity index (χ4n) is 2.05. The van der Waals surface area contributed by atoms with E-state index < -0.39 is 12.1 Å². The van der Waals surface area contributed by atoms with Crippen molar-refractivity contribution in [3.63, 3.8) is 0 Å². The Balaban J connectivity index is 1.85. The average molecular weight is 264 g/mol. The van der Waals surface area contributed by atoms with E-state index in [4.69, 9.17) is 9.84 Å². The highest BCUT2D eigenvalue weighted by atomic mass is 16.5. The van der Waals surface area contributed by atoms with Crippen LogP contribution in [0.3, 0.4) is 0 Å². The molecular weight excluding hydrogens is 248 g/mol. The first kappa shape index (κ1) is 13.5. The summed E-state index contributed by atoms with van der Waals surface area (Å²) in [7, 11) is 0. The highest BCUT2D eigenvalue weighted by Gasteiger charge is 2.30. The SMILES string of the molecule is Cc1cccnc1C(=O)NCC1CCC(C(=O)O)O1. The summed E-state index contributed by atoms with van der Waals surface area (Å²) in [5.41, 5.74) is 1.19. The van der Waals surface area contributed by atoms with E-state index in [1.807, 2.05) is 13.0 Å². The highest BCUT2D eigenvalue weighted by Crippen LogP contribution is 2.19. The van der Waals surface area contributed by atoms with Crippen LogP contribution in [0.2, 0.25) is 0 Å². The Morgan fingerprint density at radius 2 is 2.32 bits per heavy atom. The van der Waals surface area contributed by atoms with Gasteiger partial charge in [-0.25, -0.2) is 4.79 Å². The summed E-state index contributed by atoms with van der Waals surface area (Å²) in [6.45, 7) is 2.12. The molecule has 0 spiro atoms. The van der Waals surface area contributed by atoms with Crippen molar-refractivity contribution >= 4 is 11.9 Å². The van der Waals surface area contributed by atoms with Crippen LogP contribution in [0.5, 0.6) is 0 Å². The van der Waals surface area contributed by atoms with Gasteiger partial charge in [-0.05, 0) is 31.4 Å². The third-order valence-electron chi connectivity index (χ3n) is 3.10. The number of carboxylic acid groups (broad SMARTS) is 1. The third kappa shape index (κ3) is 3.29. The van der Waals surface area contributed by atoms with Crippen LogP contribution < -0.4 is 5.32 Å². The van der Waals surface area contributed by atoms with Crippen LogP contribution in [-0.2, 0) is 9.53 Å². The Labute approximate surface area is 110 Å². The summed E-state index contributed by atoms with van der Waals surface area (Å²) in [5, 5.41) is 11.5. The summed E-state index contributed by atoms with van der Waals surface area (Å²) < 4.78 is 5.30. The van der Waals surface area contributed by atoms with Crippen LogP contribution >= 0.6 is 0 Å². The molecule has 1 aliphatic heterocycles. The topological polar surface area (TPSA) is 88.5 Å². The molecule has 19 heavy (non-hydrogen) atoms. The van der Waals surface area contributed by atoms with Crippen LogP contribution in [0.1, 0.15) is 28.9 Å². The molecule has 1 aromatic rings. The Morgan fingerprint density at radius 1 is 1.53 bits per heavy atom. The summed E-state index contributed by atoms with van der Waals surface area (Å²) in [4.78, 5) is 26.6. The molecule has 1 fully saturated rings. The monoisotopic (exact) mass is 264 g/mol. The first-order valence-corrected chi connectivity index (χ1v) is 6.16. The molecule has 102 valence electrons. The standard InChI is InChI=1S/C13H16N2O4/c1-8-3-2-6-14-11(8)12(16)15-7-9-4-5-10(19-9)13(17)18/h2-3,6,9-10H,4-5,7H2,1H3,(H,15,16)(H,17,18). The summed E-state index contributed by atoms with van der Waals surface area (Å²) in [6, 6.07) is 3.58. The zero-order chi connectivity index (χ0) is 13.8. The van der Waals surface area contributed by atoms with Gasteiger partial charge < -0.3 is 15.2 Å². The predicted molar refractivity (Wildman–Crippen MR) is 66.8 cm³/mol. The highest BCUT2D eigenvalue weighted by molar-refractivity contribution is 5.93. The van der Waals surface area contributed by atoms with Crippen molar-refractivity contribution in [1.82, 2.24) is 10.3 Å². The van der Waals surface area contributed by atoms with E-state index in [1.54, 1.807) is 12.3 Å². The van der Waals surface area contributed by atoms with Gasteiger partial charge in [-0.15, -0.1) is 0 Å². The third-order valence-corrected chi connectivity index (χ3v) is 3.10. The maximum atomic E-state index is 11.9. The van der Waals surface area contributed by atoms with Crippen molar-refractivity contribution in [3.8, 4) is 0 Å². The molecule has 6 heteroatoms. The zero-order valence-corrected chi connectivity index (χ0v) is 10.6. The molecule has 2 rings (SSSR count). The molecule has 0 radical (unpaired) electrons. The normalized spacial score (nSPS) is 22.2. The van der Waals surface area contributed by atoms with Crippen molar-refractivity contribution < 1.29 is 19.4 Å². The minimum atomic E-state index is -0.950. The van der Waals surface area contributed by atoms with E-state index in [2.05, 4.69) is 10.3 Å². The smallest absolute Gasteiger partial charge is 0.332 e. The first-order valence-electron chi connectivity index (χ1n) is 6.16. The molecule has 0 aromatic carbocycles. The number of carboxylic acids is 1. The van der Waals surface area contributed by atoms with Gasteiger partial charge in [0.25, 0.3) is 5.91 Å². The van der Waals surface area contributed by atoms with Gasteiger partial charge in [-0.3, -0.25) is 9.78 Å².